The van der Waals surface area contributed by atoms with Crippen LogP contribution in [0, 0.1) is 11.2 Å². The summed E-state index contributed by atoms with van der Waals surface area (Å²) in [6.07, 6.45) is 2.53. The van der Waals surface area contributed by atoms with Gasteiger partial charge in [0.15, 0.2) is 0 Å². The zero-order chi connectivity index (χ0) is 11.8. The van der Waals surface area contributed by atoms with Gasteiger partial charge in [0, 0.05) is 0 Å². The molecule has 0 heterocycles. The Morgan fingerprint density at radius 1 is 1.50 bits per heavy atom. The van der Waals surface area contributed by atoms with E-state index < -0.39 is 17.2 Å². The summed E-state index contributed by atoms with van der Waals surface area (Å²) in [7, 11) is 0. The van der Waals surface area contributed by atoms with Gasteiger partial charge < -0.3 is 5.11 Å². The molecule has 1 fully saturated rings. The predicted octanol–water partition coefficient (Wildman–Crippen LogP) is 3.28. The monoisotopic (exact) mass is 242 g/mol. The second-order valence-corrected chi connectivity index (χ2v) is 4.71. The lowest BCUT2D eigenvalue weighted by atomic mass is 9.65. The van der Waals surface area contributed by atoms with E-state index >= 15 is 0 Å². The Hall–Kier alpha value is -1.09. The van der Waals surface area contributed by atoms with E-state index in [0.29, 0.717) is 24.8 Å². The highest BCUT2D eigenvalue weighted by molar-refractivity contribution is 6.31. The molecule has 86 valence electrons. The lowest BCUT2D eigenvalue weighted by Crippen LogP contribution is -2.39. The standard InChI is InChI=1S/C12H12ClFO2/c13-10-8(3-1-4-9(10)14)7-12(11(15)16)5-2-6-12/h1,3-4H,2,5-7H2,(H,15,16). The Balaban J connectivity index is 2.26. The van der Waals surface area contributed by atoms with E-state index in [1.54, 1.807) is 12.1 Å². The maximum atomic E-state index is 13.2. The van der Waals surface area contributed by atoms with Gasteiger partial charge in [0.25, 0.3) is 0 Å². The maximum absolute atomic E-state index is 13.2. The highest BCUT2D eigenvalue weighted by atomic mass is 35.5. The topological polar surface area (TPSA) is 37.3 Å². The van der Waals surface area contributed by atoms with Gasteiger partial charge in [-0.25, -0.2) is 4.39 Å². The van der Waals surface area contributed by atoms with E-state index in [1.165, 1.54) is 6.07 Å². The number of hydrogen-bond acceptors (Lipinski definition) is 1. The molecule has 1 saturated carbocycles. The number of carboxylic acids is 1. The summed E-state index contributed by atoms with van der Waals surface area (Å²) in [6, 6.07) is 4.53. The van der Waals surface area contributed by atoms with E-state index in [0.717, 1.165) is 6.42 Å². The van der Waals surface area contributed by atoms with E-state index in [1.807, 2.05) is 0 Å². The molecule has 0 radical (unpaired) electrons. The summed E-state index contributed by atoms with van der Waals surface area (Å²) >= 11 is 5.82. The van der Waals surface area contributed by atoms with Gasteiger partial charge in [0.2, 0.25) is 0 Å². The Morgan fingerprint density at radius 2 is 2.19 bits per heavy atom. The van der Waals surface area contributed by atoms with Gasteiger partial charge in [-0.15, -0.1) is 0 Å². The summed E-state index contributed by atoms with van der Waals surface area (Å²) in [5, 5.41) is 9.22. The molecule has 0 aliphatic heterocycles. The molecule has 0 aromatic heterocycles. The van der Waals surface area contributed by atoms with Crippen LogP contribution >= 0.6 is 11.6 Å². The lowest BCUT2D eigenvalue weighted by molar-refractivity contribution is -0.154. The van der Waals surface area contributed by atoms with Gasteiger partial charge >= 0.3 is 5.97 Å². The van der Waals surface area contributed by atoms with Crippen molar-refractivity contribution in [3.05, 3.63) is 34.6 Å². The first-order valence-corrected chi connectivity index (χ1v) is 5.59. The summed E-state index contributed by atoms with van der Waals surface area (Å²) < 4.78 is 13.2. The van der Waals surface area contributed by atoms with Gasteiger partial charge in [-0.3, -0.25) is 4.79 Å². The van der Waals surface area contributed by atoms with Gasteiger partial charge in [0.05, 0.1) is 10.4 Å². The Morgan fingerprint density at radius 3 is 2.69 bits per heavy atom. The van der Waals surface area contributed by atoms with Crippen LogP contribution in [0.15, 0.2) is 18.2 Å². The van der Waals surface area contributed by atoms with Crippen molar-refractivity contribution in [2.45, 2.75) is 25.7 Å². The van der Waals surface area contributed by atoms with Crippen LogP contribution in [0.4, 0.5) is 4.39 Å². The summed E-state index contributed by atoms with van der Waals surface area (Å²) in [5.74, 6) is -1.29. The van der Waals surface area contributed by atoms with E-state index in [9.17, 15) is 9.18 Å². The van der Waals surface area contributed by atoms with E-state index in [4.69, 9.17) is 16.7 Å². The predicted molar refractivity (Wildman–Crippen MR) is 59.0 cm³/mol. The van der Waals surface area contributed by atoms with Gasteiger partial charge in [-0.1, -0.05) is 30.2 Å². The van der Waals surface area contributed by atoms with Crippen LogP contribution < -0.4 is 0 Å². The van der Waals surface area contributed by atoms with Crippen molar-refractivity contribution in [2.75, 3.05) is 0 Å². The summed E-state index contributed by atoms with van der Waals surface area (Å²) in [5.41, 5.74) is -0.138. The quantitative estimate of drug-likeness (QED) is 0.883. The Kier molecular flexibility index (Phi) is 2.89. The highest BCUT2D eigenvalue weighted by Gasteiger charge is 2.44. The largest absolute Gasteiger partial charge is 0.481 e. The van der Waals surface area contributed by atoms with Crippen molar-refractivity contribution in [1.29, 1.82) is 0 Å². The molecule has 4 heteroatoms. The fourth-order valence-electron chi connectivity index (χ4n) is 2.12. The molecule has 2 nitrogen and oxygen atoms in total. The zero-order valence-electron chi connectivity index (χ0n) is 8.67. The second kappa shape index (κ2) is 4.06. The highest BCUT2D eigenvalue weighted by Crippen LogP contribution is 2.45. The molecule has 1 aliphatic carbocycles. The van der Waals surface area contributed by atoms with Gasteiger partial charge in [-0.2, -0.15) is 0 Å². The Bertz CT molecular complexity index is 427. The number of rotatable bonds is 3. The average Bonchev–Trinajstić information content (AvgIpc) is 2.17. The summed E-state index contributed by atoms with van der Waals surface area (Å²) in [6.45, 7) is 0. The number of carboxylic acid groups (broad SMARTS) is 1. The lowest BCUT2D eigenvalue weighted by Gasteiger charge is -2.37. The number of benzene rings is 1. The second-order valence-electron chi connectivity index (χ2n) is 4.33. The van der Waals surface area contributed by atoms with Crippen molar-refractivity contribution < 1.29 is 14.3 Å². The van der Waals surface area contributed by atoms with Crippen molar-refractivity contribution in [1.82, 2.24) is 0 Å². The molecule has 1 aromatic carbocycles. The molecule has 0 bridgehead atoms. The SMILES string of the molecule is O=C(O)C1(Cc2cccc(F)c2Cl)CCC1. The molecule has 0 amide bonds. The van der Waals surface area contributed by atoms with Gasteiger partial charge in [0.1, 0.15) is 5.82 Å². The van der Waals surface area contributed by atoms with Crippen LogP contribution in [0.3, 0.4) is 0 Å². The molecule has 1 aliphatic rings. The summed E-state index contributed by atoms with van der Waals surface area (Å²) in [4.78, 5) is 11.2. The number of carbonyl (C=O) groups is 1. The molecule has 1 N–H and O–H groups in total. The Labute approximate surface area is 98.0 Å². The average molecular weight is 243 g/mol. The minimum atomic E-state index is -0.806. The van der Waals surface area contributed by atoms with Crippen LogP contribution in [0.25, 0.3) is 0 Å². The number of halogens is 2. The molecule has 0 spiro atoms. The van der Waals surface area contributed by atoms with Crippen LogP contribution in [0.1, 0.15) is 24.8 Å². The molecule has 1 aromatic rings. The maximum Gasteiger partial charge on any atom is 0.309 e. The van der Waals surface area contributed by atoms with E-state index in [2.05, 4.69) is 0 Å². The number of hydrogen-bond donors (Lipinski definition) is 1. The number of aliphatic carboxylic acids is 1. The van der Waals surface area contributed by atoms with Crippen LogP contribution in [0.5, 0.6) is 0 Å². The van der Waals surface area contributed by atoms with Crippen LogP contribution in [-0.2, 0) is 11.2 Å². The molecule has 0 saturated heterocycles. The van der Waals surface area contributed by atoms with Crippen molar-refractivity contribution in [3.8, 4) is 0 Å². The van der Waals surface area contributed by atoms with Crippen LogP contribution in [-0.4, -0.2) is 11.1 Å². The zero-order valence-corrected chi connectivity index (χ0v) is 9.43. The normalized spacial score (nSPS) is 17.9. The smallest absolute Gasteiger partial charge is 0.309 e. The molecule has 0 atom stereocenters. The third-order valence-corrected chi connectivity index (χ3v) is 3.75. The van der Waals surface area contributed by atoms with Crippen molar-refractivity contribution in [2.24, 2.45) is 5.41 Å². The van der Waals surface area contributed by atoms with E-state index in [-0.39, 0.29) is 5.02 Å². The minimum absolute atomic E-state index is 0.0509. The third-order valence-electron chi connectivity index (χ3n) is 3.32. The minimum Gasteiger partial charge on any atom is -0.481 e. The fourth-order valence-corrected chi connectivity index (χ4v) is 2.31. The first-order chi connectivity index (χ1) is 7.55. The molecule has 2 rings (SSSR count). The molecule has 16 heavy (non-hydrogen) atoms. The van der Waals surface area contributed by atoms with Crippen LogP contribution in [0.2, 0.25) is 5.02 Å². The van der Waals surface area contributed by atoms with Crippen molar-refractivity contribution >= 4 is 17.6 Å². The molecular weight excluding hydrogens is 231 g/mol. The fraction of sp³-hybridized carbons (Fsp3) is 0.417. The van der Waals surface area contributed by atoms with Crippen molar-refractivity contribution in [3.63, 3.8) is 0 Å². The third kappa shape index (κ3) is 1.80. The van der Waals surface area contributed by atoms with Gasteiger partial charge in [-0.05, 0) is 30.9 Å². The molecule has 0 unspecified atom stereocenters. The first-order valence-electron chi connectivity index (χ1n) is 5.21. The first kappa shape index (κ1) is 11.4. The molecular formula is C12H12ClFO2.